The molecule has 1 aromatic rings. The van der Waals surface area contributed by atoms with Crippen LogP contribution in [0.4, 0.5) is 10.1 Å². The van der Waals surface area contributed by atoms with Gasteiger partial charge in [0.2, 0.25) is 0 Å². The fraction of sp³-hybridized carbons (Fsp3) is 0.571. The second-order valence-electron chi connectivity index (χ2n) is 5.10. The quantitative estimate of drug-likeness (QED) is 0.887. The van der Waals surface area contributed by atoms with Crippen LogP contribution in [-0.2, 0) is 0 Å². The van der Waals surface area contributed by atoms with Crippen LogP contribution in [0.1, 0.15) is 13.3 Å². The molecule has 1 aliphatic rings. The average molecular weight is 252 g/mol. The number of hydrogen-bond acceptors (Lipinski definition) is 3. The SMILES string of the molecule is CC1CN(C)CC(CCO)N1c1ccccc1F. The Labute approximate surface area is 108 Å². The molecular formula is C14H21FN2O. The normalized spacial score (nSPS) is 25.4. The van der Waals surface area contributed by atoms with Crippen LogP contribution in [0.3, 0.4) is 0 Å². The average Bonchev–Trinajstić information content (AvgIpc) is 2.31. The molecule has 1 fully saturated rings. The van der Waals surface area contributed by atoms with Crippen molar-refractivity contribution in [2.24, 2.45) is 0 Å². The van der Waals surface area contributed by atoms with Gasteiger partial charge in [0.15, 0.2) is 0 Å². The number of benzene rings is 1. The van der Waals surface area contributed by atoms with Gasteiger partial charge in [0.25, 0.3) is 0 Å². The topological polar surface area (TPSA) is 26.7 Å². The van der Waals surface area contributed by atoms with Crippen molar-refractivity contribution in [3.05, 3.63) is 30.1 Å². The molecule has 0 saturated carbocycles. The van der Waals surface area contributed by atoms with E-state index < -0.39 is 0 Å². The molecule has 0 bridgehead atoms. The van der Waals surface area contributed by atoms with E-state index in [2.05, 4.69) is 23.8 Å². The van der Waals surface area contributed by atoms with Crippen LogP contribution in [0.5, 0.6) is 0 Å². The molecule has 0 spiro atoms. The summed E-state index contributed by atoms with van der Waals surface area (Å²) >= 11 is 0. The molecule has 1 heterocycles. The number of rotatable bonds is 3. The number of hydrogen-bond donors (Lipinski definition) is 1. The Morgan fingerprint density at radius 1 is 1.33 bits per heavy atom. The Morgan fingerprint density at radius 2 is 2.06 bits per heavy atom. The Morgan fingerprint density at radius 3 is 2.72 bits per heavy atom. The maximum atomic E-state index is 13.9. The van der Waals surface area contributed by atoms with E-state index in [1.54, 1.807) is 6.07 Å². The summed E-state index contributed by atoms with van der Waals surface area (Å²) in [6.45, 7) is 4.01. The Bertz CT molecular complexity index is 399. The van der Waals surface area contributed by atoms with E-state index in [-0.39, 0.29) is 24.5 Å². The van der Waals surface area contributed by atoms with Gasteiger partial charge in [-0.25, -0.2) is 4.39 Å². The van der Waals surface area contributed by atoms with E-state index in [1.807, 2.05) is 12.1 Å². The van der Waals surface area contributed by atoms with Gasteiger partial charge in [-0.2, -0.15) is 0 Å². The summed E-state index contributed by atoms with van der Waals surface area (Å²) in [6.07, 6.45) is 0.670. The van der Waals surface area contributed by atoms with Crippen LogP contribution in [-0.4, -0.2) is 48.8 Å². The Hall–Kier alpha value is -1.13. The summed E-state index contributed by atoms with van der Waals surface area (Å²) in [7, 11) is 2.07. The molecule has 2 atom stereocenters. The van der Waals surface area contributed by atoms with Crippen molar-refractivity contribution in [1.29, 1.82) is 0 Å². The van der Waals surface area contributed by atoms with Gasteiger partial charge in [-0.3, -0.25) is 0 Å². The summed E-state index contributed by atoms with van der Waals surface area (Å²) in [5.74, 6) is -0.183. The second-order valence-corrected chi connectivity index (χ2v) is 5.10. The number of likely N-dealkylation sites (N-methyl/N-ethyl adjacent to an activating group) is 1. The summed E-state index contributed by atoms with van der Waals surface area (Å²) in [4.78, 5) is 4.36. The highest BCUT2D eigenvalue weighted by molar-refractivity contribution is 5.50. The lowest BCUT2D eigenvalue weighted by molar-refractivity contribution is 0.197. The molecule has 2 unspecified atom stereocenters. The lowest BCUT2D eigenvalue weighted by Crippen LogP contribution is -2.57. The van der Waals surface area contributed by atoms with E-state index in [0.29, 0.717) is 12.1 Å². The van der Waals surface area contributed by atoms with Gasteiger partial charge in [0, 0.05) is 31.8 Å². The highest BCUT2D eigenvalue weighted by atomic mass is 19.1. The molecule has 0 aromatic heterocycles. The molecule has 0 radical (unpaired) electrons. The van der Waals surface area contributed by atoms with E-state index >= 15 is 0 Å². The first-order valence-corrected chi connectivity index (χ1v) is 6.45. The molecule has 1 aromatic carbocycles. The minimum Gasteiger partial charge on any atom is -0.396 e. The molecule has 2 rings (SSSR count). The predicted octanol–water partition coefficient (Wildman–Crippen LogP) is 1.72. The van der Waals surface area contributed by atoms with Crippen LogP contribution in [0, 0.1) is 5.82 Å². The number of halogens is 1. The number of anilines is 1. The highest BCUT2D eigenvalue weighted by Gasteiger charge is 2.31. The van der Waals surface area contributed by atoms with Crippen LogP contribution in [0.2, 0.25) is 0 Å². The summed E-state index contributed by atoms with van der Waals surface area (Å²) < 4.78 is 13.9. The van der Waals surface area contributed by atoms with Gasteiger partial charge in [-0.05, 0) is 32.5 Å². The van der Waals surface area contributed by atoms with Crippen LogP contribution in [0.25, 0.3) is 0 Å². The van der Waals surface area contributed by atoms with Crippen molar-refractivity contribution in [2.75, 3.05) is 31.6 Å². The molecule has 3 nitrogen and oxygen atoms in total. The molecular weight excluding hydrogens is 231 g/mol. The van der Waals surface area contributed by atoms with Gasteiger partial charge >= 0.3 is 0 Å². The van der Waals surface area contributed by atoms with Gasteiger partial charge in [0.05, 0.1) is 5.69 Å². The fourth-order valence-electron chi connectivity index (χ4n) is 2.90. The third-order valence-electron chi connectivity index (χ3n) is 3.56. The highest BCUT2D eigenvalue weighted by Crippen LogP contribution is 2.27. The number of aliphatic hydroxyl groups is 1. The van der Waals surface area contributed by atoms with Gasteiger partial charge < -0.3 is 14.9 Å². The zero-order valence-corrected chi connectivity index (χ0v) is 11.0. The number of aliphatic hydroxyl groups excluding tert-OH is 1. The molecule has 18 heavy (non-hydrogen) atoms. The van der Waals surface area contributed by atoms with E-state index in [9.17, 15) is 9.50 Å². The summed E-state index contributed by atoms with van der Waals surface area (Å²) in [5.41, 5.74) is 0.650. The first-order chi connectivity index (χ1) is 8.63. The zero-order valence-electron chi connectivity index (χ0n) is 11.0. The maximum absolute atomic E-state index is 13.9. The molecule has 0 amide bonds. The number of para-hydroxylation sites is 1. The monoisotopic (exact) mass is 252 g/mol. The van der Waals surface area contributed by atoms with Crippen LogP contribution < -0.4 is 4.90 Å². The van der Waals surface area contributed by atoms with E-state index in [1.165, 1.54) is 6.07 Å². The van der Waals surface area contributed by atoms with Crippen molar-refractivity contribution < 1.29 is 9.50 Å². The van der Waals surface area contributed by atoms with Gasteiger partial charge in [-0.1, -0.05) is 12.1 Å². The first-order valence-electron chi connectivity index (χ1n) is 6.45. The van der Waals surface area contributed by atoms with Crippen molar-refractivity contribution in [3.63, 3.8) is 0 Å². The van der Waals surface area contributed by atoms with Crippen molar-refractivity contribution in [1.82, 2.24) is 4.90 Å². The Kier molecular flexibility index (Phi) is 4.19. The largest absolute Gasteiger partial charge is 0.396 e. The van der Waals surface area contributed by atoms with Crippen molar-refractivity contribution >= 4 is 5.69 Å². The van der Waals surface area contributed by atoms with Crippen molar-refractivity contribution in [2.45, 2.75) is 25.4 Å². The molecule has 4 heteroatoms. The van der Waals surface area contributed by atoms with Crippen molar-refractivity contribution in [3.8, 4) is 0 Å². The lowest BCUT2D eigenvalue weighted by Gasteiger charge is -2.46. The molecule has 1 N–H and O–H groups in total. The molecule has 0 aliphatic carbocycles. The van der Waals surface area contributed by atoms with E-state index in [0.717, 1.165) is 13.1 Å². The summed E-state index contributed by atoms with van der Waals surface area (Å²) in [5, 5.41) is 9.19. The fourth-order valence-corrected chi connectivity index (χ4v) is 2.90. The smallest absolute Gasteiger partial charge is 0.146 e. The zero-order chi connectivity index (χ0) is 13.1. The van der Waals surface area contributed by atoms with E-state index in [4.69, 9.17) is 0 Å². The molecule has 1 aliphatic heterocycles. The standard InChI is InChI=1S/C14H21FN2O/c1-11-9-16(2)10-12(7-8-18)17(11)14-6-4-3-5-13(14)15/h3-6,11-12,18H,7-10H2,1-2H3. The Balaban J connectivity index is 2.29. The maximum Gasteiger partial charge on any atom is 0.146 e. The number of piperazine rings is 1. The molecule has 1 saturated heterocycles. The second kappa shape index (κ2) is 5.67. The lowest BCUT2D eigenvalue weighted by atomic mass is 10.0. The predicted molar refractivity (Wildman–Crippen MR) is 71.3 cm³/mol. The number of nitrogens with zero attached hydrogens (tertiary/aromatic N) is 2. The van der Waals surface area contributed by atoms with Gasteiger partial charge in [-0.15, -0.1) is 0 Å². The third-order valence-corrected chi connectivity index (χ3v) is 3.56. The van der Waals surface area contributed by atoms with Crippen LogP contribution in [0.15, 0.2) is 24.3 Å². The minimum atomic E-state index is -0.183. The minimum absolute atomic E-state index is 0.135. The summed E-state index contributed by atoms with van der Waals surface area (Å²) in [6, 6.07) is 7.30. The third kappa shape index (κ3) is 2.65. The van der Waals surface area contributed by atoms with Gasteiger partial charge in [0.1, 0.15) is 5.82 Å². The molecule has 100 valence electrons. The van der Waals surface area contributed by atoms with Crippen LogP contribution >= 0.6 is 0 Å². The first kappa shape index (κ1) is 13.3.